The van der Waals surface area contributed by atoms with Crippen LogP contribution in [0.25, 0.3) is 0 Å². The third-order valence-electron chi connectivity index (χ3n) is 4.06. The Morgan fingerprint density at radius 3 is 2.62 bits per heavy atom. The largest absolute Gasteiger partial charge is 0.478 e. The first kappa shape index (κ1) is 13.7. The first-order valence-electron chi connectivity index (χ1n) is 7.19. The van der Waals surface area contributed by atoms with Crippen LogP contribution in [0.1, 0.15) is 27.9 Å². The van der Waals surface area contributed by atoms with Crippen molar-refractivity contribution >= 4 is 12.0 Å². The molecule has 0 spiro atoms. The van der Waals surface area contributed by atoms with Crippen LogP contribution in [0.2, 0.25) is 0 Å². The first-order valence-corrected chi connectivity index (χ1v) is 7.19. The summed E-state index contributed by atoms with van der Waals surface area (Å²) in [7, 11) is 0. The lowest BCUT2D eigenvalue weighted by Gasteiger charge is -2.34. The van der Waals surface area contributed by atoms with Gasteiger partial charge in [-0.25, -0.2) is 9.59 Å². The number of amides is 2. The van der Waals surface area contributed by atoms with E-state index in [1.165, 1.54) is 0 Å². The van der Waals surface area contributed by atoms with Crippen LogP contribution in [0.3, 0.4) is 0 Å². The molecule has 0 saturated carbocycles. The van der Waals surface area contributed by atoms with E-state index in [1.54, 1.807) is 12.1 Å². The van der Waals surface area contributed by atoms with Crippen LogP contribution in [0.5, 0.6) is 0 Å². The predicted octanol–water partition coefficient (Wildman–Crippen LogP) is 2.12. The molecule has 0 fully saturated rings. The minimum absolute atomic E-state index is 0.0470. The second-order valence-electron chi connectivity index (χ2n) is 5.45. The number of hydrogen-bond acceptors (Lipinski definition) is 2. The first-order chi connectivity index (χ1) is 10.1. The quantitative estimate of drug-likeness (QED) is 0.804. The molecule has 110 valence electrons. The molecule has 1 aromatic rings. The molecule has 0 saturated heterocycles. The SMILES string of the molecule is O=C(O)c1ccc2c(c1)CN(C(=O)N1CC=CCC1)CC2. The number of carbonyl (C=O) groups excluding carboxylic acids is 1. The molecule has 21 heavy (non-hydrogen) atoms. The van der Waals surface area contributed by atoms with Gasteiger partial charge in [0.05, 0.1) is 5.56 Å². The van der Waals surface area contributed by atoms with Gasteiger partial charge in [0.25, 0.3) is 0 Å². The van der Waals surface area contributed by atoms with Crippen LogP contribution in [-0.4, -0.2) is 46.5 Å². The van der Waals surface area contributed by atoms with Crippen molar-refractivity contribution in [3.05, 3.63) is 47.0 Å². The Labute approximate surface area is 123 Å². The normalized spacial score (nSPS) is 17.5. The van der Waals surface area contributed by atoms with Crippen molar-refractivity contribution in [2.75, 3.05) is 19.6 Å². The maximum atomic E-state index is 12.5. The zero-order valence-corrected chi connectivity index (χ0v) is 11.8. The number of hydrogen-bond donors (Lipinski definition) is 1. The van der Waals surface area contributed by atoms with E-state index in [4.69, 9.17) is 5.11 Å². The average molecular weight is 286 g/mol. The summed E-state index contributed by atoms with van der Waals surface area (Å²) in [6, 6.07) is 5.23. The Balaban J connectivity index is 1.76. The summed E-state index contributed by atoms with van der Waals surface area (Å²) in [4.78, 5) is 27.2. The predicted molar refractivity (Wildman–Crippen MR) is 78.2 cm³/mol. The van der Waals surface area contributed by atoms with Crippen LogP contribution in [0.15, 0.2) is 30.4 Å². The minimum Gasteiger partial charge on any atom is -0.478 e. The van der Waals surface area contributed by atoms with Gasteiger partial charge in [0, 0.05) is 26.2 Å². The van der Waals surface area contributed by atoms with Gasteiger partial charge in [-0.1, -0.05) is 18.2 Å². The zero-order chi connectivity index (χ0) is 14.8. The highest BCUT2D eigenvalue weighted by molar-refractivity contribution is 5.88. The van der Waals surface area contributed by atoms with Crippen molar-refractivity contribution in [1.82, 2.24) is 9.80 Å². The van der Waals surface area contributed by atoms with E-state index in [0.717, 1.165) is 30.5 Å². The second-order valence-corrected chi connectivity index (χ2v) is 5.45. The van der Waals surface area contributed by atoms with Crippen LogP contribution in [0.4, 0.5) is 4.79 Å². The minimum atomic E-state index is -0.928. The highest BCUT2D eigenvalue weighted by Crippen LogP contribution is 2.22. The Morgan fingerprint density at radius 2 is 1.90 bits per heavy atom. The van der Waals surface area contributed by atoms with Gasteiger partial charge >= 0.3 is 12.0 Å². The fraction of sp³-hybridized carbons (Fsp3) is 0.375. The molecule has 1 N–H and O–H groups in total. The van der Waals surface area contributed by atoms with Crippen LogP contribution < -0.4 is 0 Å². The zero-order valence-electron chi connectivity index (χ0n) is 11.8. The number of benzene rings is 1. The monoisotopic (exact) mass is 286 g/mol. The summed E-state index contributed by atoms with van der Waals surface area (Å²) >= 11 is 0. The summed E-state index contributed by atoms with van der Waals surface area (Å²) in [5.41, 5.74) is 2.37. The smallest absolute Gasteiger partial charge is 0.335 e. The molecule has 5 heteroatoms. The van der Waals surface area contributed by atoms with Crippen LogP contribution in [0, 0.1) is 0 Å². The van der Waals surface area contributed by atoms with Gasteiger partial charge in [-0.2, -0.15) is 0 Å². The van der Waals surface area contributed by atoms with Crippen molar-refractivity contribution in [2.24, 2.45) is 0 Å². The van der Waals surface area contributed by atoms with Gasteiger partial charge in [0.1, 0.15) is 0 Å². The Hall–Kier alpha value is -2.30. The maximum absolute atomic E-state index is 12.5. The fourth-order valence-corrected chi connectivity index (χ4v) is 2.87. The summed E-state index contributed by atoms with van der Waals surface area (Å²) < 4.78 is 0. The number of carboxylic acids is 1. The van der Waals surface area contributed by atoms with Crippen LogP contribution >= 0.6 is 0 Å². The number of rotatable bonds is 1. The summed E-state index contributed by atoms with van der Waals surface area (Å²) in [5.74, 6) is -0.928. The Kier molecular flexibility index (Phi) is 3.64. The molecular weight excluding hydrogens is 268 g/mol. The molecule has 0 aromatic heterocycles. The molecule has 0 bridgehead atoms. The van der Waals surface area contributed by atoms with Crippen molar-refractivity contribution < 1.29 is 14.7 Å². The van der Waals surface area contributed by atoms with E-state index >= 15 is 0 Å². The number of carbonyl (C=O) groups is 2. The number of carboxylic acid groups (broad SMARTS) is 1. The summed E-state index contributed by atoms with van der Waals surface area (Å²) in [6.07, 6.45) is 5.79. The lowest BCUT2D eigenvalue weighted by molar-refractivity contribution is 0.0696. The van der Waals surface area contributed by atoms with E-state index in [2.05, 4.69) is 6.08 Å². The molecule has 0 aliphatic carbocycles. The van der Waals surface area contributed by atoms with E-state index < -0.39 is 5.97 Å². The highest BCUT2D eigenvalue weighted by Gasteiger charge is 2.25. The van der Waals surface area contributed by atoms with E-state index in [0.29, 0.717) is 19.6 Å². The third-order valence-corrected chi connectivity index (χ3v) is 4.06. The molecule has 0 atom stereocenters. The van der Waals surface area contributed by atoms with Gasteiger partial charge in [-0.3, -0.25) is 0 Å². The van der Waals surface area contributed by atoms with E-state index in [9.17, 15) is 9.59 Å². The van der Waals surface area contributed by atoms with Crippen LogP contribution in [-0.2, 0) is 13.0 Å². The lowest BCUT2D eigenvalue weighted by Crippen LogP contribution is -2.46. The summed E-state index contributed by atoms with van der Waals surface area (Å²) in [6.45, 7) is 2.61. The topological polar surface area (TPSA) is 60.9 Å². The molecule has 2 aliphatic heterocycles. The van der Waals surface area contributed by atoms with Gasteiger partial charge in [0.2, 0.25) is 0 Å². The second kappa shape index (κ2) is 5.60. The van der Waals surface area contributed by atoms with Crippen molar-refractivity contribution in [1.29, 1.82) is 0 Å². The molecule has 3 rings (SSSR count). The molecule has 2 heterocycles. The van der Waals surface area contributed by atoms with Gasteiger partial charge in [0.15, 0.2) is 0 Å². The third kappa shape index (κ3) is 2.77. The number of nitrogens with zero attached hydrogens (tertiary/aromatic N) is 2. The fourth-order valence-electron chi connectivity index (χ4n) is 2.87. The summed E-state index contributed by atoms with van der Waals surface area (Å²) in [5, 5.41) is 9.07. The van der Waals surface area contributed by atoms with E-state index in [1.807, 2.05) is 21.9 Å². The maximum Gasteiger partial charge on any atom is 0.335 e. The number of urea groups is 1. The van der Waals surface area contributed by atoms with Crippen molar-refractivity contribution in [2.45, 2.75) is 19.4 Å². The number of fused-ring (bicyclic) bond motifs is 1. The standard InChI is InChI=1S/C16H18N2O3/c19-15(20)13-5-4-12-6-9-18(11-14(12)10-13)16(21)17-7-2-1-3-8-17/h1-2,4-5,10H,3,6-9,11H2,(H,19,20). The molecule has 5 nitrogen and oxygen atoms in total. The highest BCUT2D eigenvalue weighted by atomic mass is 16.4. The molecule has 0 radical (unpaired) electrons. The van der Waals surface area contributed by atoms with E-state index in [-0.39, 0.29) is 11.6 Å². The average Bonchev–Trinajstić information content (AvgIpc) is 2.54. The van der Waals surface area contributed by atoms with Gasteiger partial charge in [-0.15, -0.1) is 0 Å². The van der Waals surface area contributed by atoms with Gasteiger partial charge in [-0.05, 0) is 36.1 Å². The Bertz CT molecular complexity index is 610. The lowest BCUT2D eigenvalue weighted by atomic mass is 9.97. The van der Waals surface area contributed by atoms with Crippen molar-refractivity contribution in [3.8, 4) is 0 Å². The molecule has 2 amide bonds. The van der Waals surface area contributed by atoms with Gasteiger partial charge < -0.3 is 14.9 Å². The van der Waals surface area contributed by atoms with Crippen molar-refractivity contribution in [3.63, 3.8) is 0 Å². The Morgan fingerprint density at radius 1 is 1.05 bits per heavy atom. The molecule has 0 unspecified atom stereocenters. The molecule has 1 aromatic carbocycles. The molecule has 2 aliphatic rings. The number of aromatic carboxylic acids is 1. The molecular formula is C16H18N2O3.